The first-order valence-electron chi connectivity index (χ1n) is 5.88. The Morgan fingerprint density at radius 1 is 1.59 bits per heavy atom. The maximum atomic E-state index is 6.19. The smallest absolute Gasteiger partial charge is 0.0591 e. The average molecular weight is 335 g/mol. The number of thiophene rings is 1. The monoisotopic (exact) mass is 334 g/mol. The minimum atomic E-state index is 0.163. The van der Waals surface area contributed by atoms with Crippen molar-refractivity contribution in [1.82, 2.24) is 4.90 Å². The predicted octanol–water partition coefficient (Wildman–Crippen LogP) is 3.34. The van der Waals surface area contributed by atoms with Crippen LogP contribution < -0.4 is 5.73 Å². The molecule has 1 fully saturated rings. The molecule has 1 aliphatic rings. The number of nitrogens with two attached hydrogens (primary N) is 1. The molecule has 0 saturated carbocycles. The molecule has 3 unspecified atom stereocenters. The molecule has 1 aromatic heterocycles. The van der Waals surface area contributed by atoms with Gasteiger partial charge in [-0.2, -0.15) is 11.8 Å². The van der Waals surface area contributed by atoms with E-state index < -0.39 is 0 Å². The van der Waals surface area contributed by atoms with Gasteiger partial charge in [0.2, 0.25) is 0 Å². The van der Waals surface area contributed by atoms with Crippen LogP contribution in [0.4, 0.5) is 0 Å². The number of hydrogen-bond donors (Lipinski definition) is 1. The Morgan fingerprint density at radius 2 is 2.35 bits per heavy atom. The summed E-state index contributed by atoms with van der Waals surface area (Å²) in [5, 5.41) is 2.14. The molecule has 1 saturated heterocycles. The quantitative estimate of drug-likeness (QED) is 0.915. The Balaban J connectivity index is 2.16. The summed E-state index contributed by atoms with van der Waals surface area (Å²) in [5.41, 5.74) is 6.19. The molecular weight excluding hydrogens is 316 g/mol. The van der Waals surface area contributed by atoms with Crippen LogP contribution in [-0.2, 0) is 0 Å². The zero-order valence-electron chi connectivity index (χ0n) is 10.2. The van der Waals surface area contributed by atoms with Gasteiger partial charge in [0, 0.05) is 32.6 Å². The van der Waals surface area contributed by atoms with Crippen molar-refractivity contribution in [2.75, 3.05) is 18.6 Å². The molecule has 0 bridgehead atoms. The van der Waals surface area contributed by atoms with E-state index >= 15 is 0 Å². The summed E-state index contributed by atoms with van der Waals surface area (Å²) in [6.07, 6.45) is 1.29. The molecule has 1 aromatic rings. The van der Waals surface area contributed by atoms with Gasteiger partial charge in [0.15, 0.2) is 0 Å². The second-order valence-corrected chi connectivity index (χ2v) is 7.66. The molecule has 2 nitrogen and oxygen atoms in total. The molecule has 3 atom stereocenters. The molecule has 2 N–H and O–H groups in total. The van der Waals surface area contributed by atoms with Crippen molar-refractivity contribution in [3.05, 3.63) is 20.8 Å². The largest absolute Gasteiger partial charge is 0.326 e. The number of thioether (sulfide) groups is 1. The lowest BCUT2D eigenvalue weighted by Gasteiger charge is -2.34. The van der Waals surface area contributed by atoms with Gasteiger partial charge in [-0.1, -0.05) is 0 Å². The van der Waals surface area contributed by atoms with Crippen molar-refractivity contribution in [2.24, 2.45) is 5.73 Å². The Morgan fingerprint density at radius 3 is 2.82 bits per heavy atom. The summed E-state index contributed by atoms with van der Waals surface area (Å²) in [7, 11) is 2.22. The van der Waals surface area contributed by atoms with Gasteiger partial charge in [0.05, 0.1) is 6.04 Å². The summed E-state index contributed by atoms with van der Waals surface area (Å²) >= 11 is 7.38. The van der Waals surface area contributed by atoms with Crippen LogP contribution in [0.3, 0.4) is 0 Å². The SMILES string of the molecule is CC(N)C(c1cc(Br)cs1)N(C)C1CCSC1. The van der Waals surface area contributed by atoms with Gasteiger partial charge < -0.3 is 5.73 Å². The first-order valence-corrected chi connectivity index (χ1v) is 8.71. The molecule has 1 aliphatic heterocycles. The van der Waals surface area contributed by atoms with E-state index in [1.54, 1.807) is 11.3 Å². The van der Waals surface area contributed by atoms with Crippen molar-refractivity contribution in [1.29, 1.82) is 0 Å². The maximum absolute atomic E-state index is 6.19. The molecule has 0 aliphatic carbocycles. The lowest BCUT2D eigenvalue weighted by Crippen LogP contribution is -2.42. The van der Waals surface area contributed by atoms with E-state index in [1.165, 1.54) is 22.8 Å². The van der Waals surface area contributed by atoms with Crippen molar-refractivity contribution < 1.29 is 0 Å². The molecule has 0 amide bonds. The van der Waals surface area contributed by atoms with E-state index in [2.05, 4.69) is 58.0 Å². The van der Waals surface area contributed by atoms with E-state index in [0.29, 0.717) is 12.1 Å². The molecule has 0 aromatic carbocycles. The Kier molecular flexibility index (Phi) is 4.95. The molecule has 0 radical (unpaired) electrons. The zero-order valence-corrected chi connectivity index (χ0v) is 13.4. The van der Waals surface area contributed by atoms with E-state index in [0.717, 1.165) is 4.47 Å². The average Bonchev–Trinajstić information content (AvgIpc) is 2.88. The third-order valence-corrected chi connectivity index (χ3v) is 6.21. The Labute approximate surface area is 120 Å². The molecule has 0 spiro atoms. The van der Waals surface area contributed by atoms with Crippen molar-refractivity contribution in [3.63, 3.8) is 0 Å². The van der Waals surface area contributed by atoms with E-state index in [4.69, 9.17) is 5.73 Å². The number of hydrogen-bond acceptors (Lipinski definition) is 4. The van der Waals surface area contributed by atoms with Gasteiger partial charge in [0.25, 0.3) is 0 Å². The van der Waals surface area contributed by atoms with Gasteiger partial charge in [-0.05, 0) is 48.1 Å². The van der Waals surface area contributed by atoms with Gasteiger partial charge in [-0.15, -0.1) is 11.3 Å². The standard InChI is InChI=1S/C12H19BrN2S2/c1-8(14)12(11-5-9(13)6-17-11)15(2)10-3-4-16-7-10/h5-6,8,10,12H,3-4,7,14H2,1-2H3. The summed E-state index contributed by atoms with van der Waals surface area (Å²) in [6.45, 7) is 2.11. The molecule has 17 heavy (non-hydrogen) atoms. The summed E-state index contributed by atoms with van der Waals surface area (Å²) in [6, 6.07) is 3.39. The highest BCUT2D eigenvalue weighted by Gasteiger charge is 2.30. The summed E-state index contributed by atoms with van der Waals surface area (Å²) in [4.78, 5) is 3.84. The molecule has 2 rings (SSSR count). The van der Waals surface area contributed by atoms with Crippen molar-refractivity contribution in [2.45, 2.75) is 31.5 Å². The second-order valence-electron chi connectivity index (χ2n) is 4.65. The van der Waals surface area contributed by atoms with Crippen LogP contribution in [0, 0.1) is 0 Å². The first-order chi connectivity index (χ1) is 8.09. The molecular formula is C12H19BrN2S2. The number of rotatable bonds is 4. The molecule has 5 heteroatoms. The van der Waals surface area contributed by atoms with Crippen LogP contribution in [0.15, 0.2) is 15.9 Å². The van der Waals surface area contributed by atoms with Crippen LogP contribution in [0.1, 0.15) is 24.3 Å². The fourth-order valence-corrected chi connectivity index (χ4v) is 5.37. The van der Waals surface area contributed by atoms with Gasteiger partial charge in [0.1, 0.15) is 0 Å². The lowest BCUT2D eigenvalue weighted by atomic mass is 10.0. The van der Waals surface area contributed by atoms with Crippen LogP contribution in [0.2, 0.25) is 0 Å². The normalized spacial score (nSPS) is 24.2. The zero-order chi connectivity index (χ0) is 12.4. The third-order valence-electron chi connectivity index (χ3n) is 3.30. The maximum Gasteiger partial charge on any atom is 0.0591 e. The number of likely N-dealkylation sites (N-methyl/N-ethyl adjacent to an activating group) is 1. The summed E-state index contributed by atoms with van der Waals surface area (Å²) < 4.78 is 1.16. The van der Waals surface area contributed by atoms with Crippen molar-refractivity contribution in [3.8, 4) is 0 Å². The Bertz CT molecular complexity index is 361. The predicted molar refractivity (Wildman–Crippen MR) is 81.9 cm³/mol. The second kappa shape index (κ2) is 6.06. The molecule has 2 heterocycles. The number of nitrogens with zero attached hydrogens (tertiary/aromatic N) is 1. The van der Waals surface area contributed by atoms with E-state index in [-0.39, 0.29) is 6.04 Å². The van der Waals surface area contributed by atoms with E-state index in [1.807, 2.05) is 0 Å². The molecule has 96 valence electrons. The summed E-state index contributed by atoms with van der Waals surface area (Å²) in [5.74, 6) is 2.53. The first kappa shape index (κ1) is 13.9. The van der Waals surface area contributed by atoms with Crippen LogP contribution in [0.25, 0.3) is 0 Å². The third kappa shape index (κ3) is 3.26. The van der Waals surface area contributed by atoms with Crippen LogP contribution in [0.5, 0.6) is 0 Å². The number of halogens is 1. The topological polar surface area (TPSA) is 29.3 Å². The fourth-order valence-electron chi connectivity index (χ4n) is 2.38. The van der Waals surface area contributed by atoms with Crippen LogP contribution in [-0.4, -0.2) is 35.5 Å². The highest BCUT2D eigenvalue weighted by molar-refractivity contribution is 9.10. The minimum absolute atomic E-state index is 0.163. The van der Waals surface area contributed by atoms with Gasteiger partial charge in [-0.3, -0.25) is 4.90 Å². The van der Waals surface area contributed by atoms with E-state index in [9.17, 15) is 0 Å². The van der Waals surface area contributed by atoms with Gasteiger partial charge >= 0.3 is 0 Å². The van der Waals surface area contributed by atoms with Gasteiger partial charge in [-0.25, -0.2) is 0 Å². The Hall–Kier alpha value is 0.450. The lowest BCUT2D eigenvalue weighted by molar-refractivity contribution is 0.171. The highest BCUT2D eigenvalue weighted by Crippen LogP contribution is 2.34. The fraction of sp³-hybridized carbons (Fsp3) is 0.667. The minimum Gasteiger partial charge on any atom is -0.326 e. The van der Waals surface area contributed by atoms with Crippen molar-refractivity contribution >= 4 is 39.0 Å². The highest BCUT2D eigenvalue weighted by atomic mass is 79.9. The van der Waals surface area contributed by atoms with Crippen LogP contribution >= 0.6 is 39.0 Å².